The molecule has 0 fully saturated rings. The van der Waals surface area contributed by atoms with E-state index in [0.29, 0.717) is 29.1 Å². The number of carbonyl (C=O) groups excluding carboxylic acids is 1. The number of aryl methyl sites for hydroxylation is 1. The van der Waals surface area contributed by atoms with E-state index in [1.807, 2.05) is 24.3 Å². The zero-order valence-corrected chi connectivity index (χ0v) is 18.3. The third-order valence-electron chi connectivity index (χ3n) is 4.36. The predicted molar refractivity (Wildman–Crippen MR) is 120 cm³/mol. The standard InChI is InChI=1S/C22H21Cl2NO6/c1-28-11-12-29-21-19(24)17-9-8-16(13-18(17)20(26)31-21)25-22(27)30-10-2-3-14-4-6-15(23)7-5-14/h4-9,13H,2-3,10-12H2,1H3,(H,25,27). The molecule has 2 aromatic carbocycles. The maximum atomic E-state index is 12.3. The average molecular weight is 466 g/mol. The molecule has 3 rings (SSSR count). The number of benzene rings is 2. The Morgan fingerprint density at radius 1 is 1.03 bits per heavy atom. The van der Waals surface area contributed by atoms with Crippen molar-refractivity contribution >= 4 is 45.8 Å². The number of rotatable bonds is 9. The van der Waals surface area contributed by atoms with Crippen LogP contribution in [-0.2, 0) is 15.9 Å². The highest BCUT2D eigenvalue weighted by atomic mass is 35.5. The number of hydrogen-bond acceptors (Lipinski definition) is 6. The molecule has 0 saturated carbocycles. The van der Waals surface area contributed by atoms with Crippen molar-refractivity contribution in [3.05, 3.63) is 68.5 Å². The summed E-state index contributed by atoms with van der Waals surface area (Å²) in [4.78, 5) is 24.3. The summed E-state index contributed by atoms with van der Waals surface area (Å²) in [7, 11) is 1.53. The van der Waals surface area contributed by atoms with Crippen molar-refractivity contribution < 1.29 is 23.4 Å². The molecule has 0 aliphatic carbocycles. The van der Waals surface area contributed by atoms with Crippen LogP contribution in [0.3, 0.4) is 0 Å². The van der Waals surface area contributed by atoms with Crippen molar-refractivity contribution in [2.75, 3.05) is 32.2 Å². The molecular formula is C22H21Cl2NO6. The van der Waals surface area contributed by atoms with Crippen LogP contribution in [0.1, 0.15) is 12.0 Å². The van der Waals surface area contributed by atoms with Crippen LogP contribution in [-0.4, -0.2) is 33.0 Å². The van der Waals surface area contributed by atoms with Gasteiger partial charge in [0.05, 0.1) is 18.6 Å². The minimum Gasteiger partial charge on any atom is -0.462 e. The topological polar surface area (TPSA) is 87.0 Å². The highest BCUT2D eigenvalue weighted by molar-refractivity contribution is 6.36. The molecule has 0 aliphatic rings. The summed E-state index contributed by atoms with van der Waals surface area (Å²) in [6.07, 6.45) is 0.803. The van der Waals surface area contributed by atoms with Crippen LogP contribution in [0.5, 0.6) is 5.95 Å². The van der Waals surface area contributed by atoms with Crippen LogP contribution < -0.4 is 15.7 Å². The normalized spacial score (nSPS) is 10.8. The molecule has 3 aromatic rings. The Bertz CT molecular complexity index is 1100. The van der Waals surface area contributed by atoms with Gasteiger partial charge in [-0.25, -0.2) is 9.59 Å². The summed E-state index contributed by atoms with van der Waals surface area (Å²) in [5.74, 6) is -0.0722. The average Bonchev–Trinajstić information content (AvgIpc) is 2.76. The van der Waals surface area contributed by atoms with E-state index in [2.05, 4.69) is 5.32 Å². The molecule has 1 N–H and O–H groups in total. The number of ether oxygens (including phenoxy) is 3. The Kier molecular flexibility index (Phi) is 8.17. The van der Waals surface area contributed by atoms with Crippen molar-refractivity contribution in [3.8, 4) is 5.95 Å². The lowest BCUT2D eigenvalue weighted by Gasteiger charge is -2.10. The molecular weight excluding hydrogens is 445 g/mol. The second-order valence-electron chi connectivity index (χ2n) is 6.58. The first-order chi connectivity index (χ1) is 15.0. The van der Waals surface area contributed by atoms with E-state index in [0.717, 1.165) is 12.0 Å². The molecule has 0 aliphatic heterocycles. The molecule has 9 heteroatoms. The number of hydrogen-bond donors (Lipinski definition) is 1. The number of nitrogens with one attached hydrogen (secondary N) is 1. The van der Waals surface area contributed by atoms with Gasteiger partial charge in [0, 0.05) is 23.2 Å². The number of anilines is 1. The molecule has 31 heavy (non-hydrogen) atoms. The molecule has 0 spiro atoms. The Morgan fingerprint density at radius 3 is 2.55 bits per heavy atom. The van der Waals surface area contributed by atoms with Gasteiger partial charge in [-0.05, 0) is 42.7 Å². The first-order valence-electron chi connectivity index (χ1n) is 9.54. The third kappa shape index (κ3) is 6.37. The predicted octanol–water partition coefficient (Wildman–Crippen LogP) is 5.31. The zero-order chi connectivity index (χ0) is 22.2. The van der Waals surface area contributed by atoms with E-state index < -0.39 is 11.7 Å². The lowest BCUT2D eigenvalue weighted by atomic mass is 10.1. The molecule has 164 valence electrons. The van der Waals surface area contributed by atoms with Crippen LogP contribution in [0.4, 0.5) is 10.5 Å². The smallest absolute Gasteiger partial charge is 0.411 e. The summed E-state index contributed by atoms with van der Waals surface area (Å²) < 4.78 is 20.6. The van der Waals surface area contributed by atoms with Crippen LogP contribution in [0.15, 0.2) is 51.7 Å². The number of amides is 1. The fourth-order valence-electron chi connectivity index (χ4n) is 2.83. The van der Waals surface area contributed by atoms with Gasteiger partial charge in [0.25, 0.3) is 0 Å². The summed E-state index contributed by atoms with van der Waals surface area (Å²) in [6.45, 7) is 0.759. The van der Waals surface area contributed by atoms with E-state index in [-0.39, 0.29) is 29.6 Å². The molecule has 1 heterocycles. The Morgan fingerprint density at radius 2 is 1.81 bits per heavy atom. The first-order valence-corrected chi connectivity index (χ1v) is 10.3. The van der Waals surface area contributed by atoms with Crippen LogP contribution >= 0.6 is 23.2 Å². The Hall–Kier alpha value is -2.74. The largest absolute Gasteiger partial charge is 0.462 e. The fraction of sp³-hybridized carbons (Fsp3) is 0.273. The molecule has 0 bridgehead atoms. The number of carbonyl (C=O) groups is 1. The highest BCUT2D eigenvalue weighted by Gasteiger charge is 2.15. The first kappa shape index (κ1) is 22.9. The van der Waals surface area contributed by atoms with Gasteiger partial charge in [-0.15, -0.1) is 0 Å². The fourth-order valence-corrected chi connectivity index (χ4v) is 3.22. The minimum atomic E-state index is -0.633. The molecule has 1 aromatic heterocycles. The second-order valence-corrected chi connectivity index (χ2v) is 7.40. The van der Waals surface area contributed by atoms with Gasteiger partial charge < -0.3 is 18.6 Å². The number of fused-ring (bicyclic) bond motifs is 1. The zero-order valence-electron chi connectivity index (χ0n) is 16.8. The van der Waals surface area contributed by atoms with Gasteiger partial charge in [-0.3, -0.25) is 5.32 Å². The SMILES string of the molecule is COCCOc1oc(=O)c2cc(NC(=O)OCCCc3ccc(Cl)cc3)ccc2c1Cl. The third-order valence-corrected chi connectivity index (χ3v) is 4.97. The summed E-state index contributed by atoms with van der Waals surface area (Å²) >= 11 is 12.1. The van der Waals surface area contributed by atoms with Gasteiger partial charge >= 0.3 is 17.7 Å². The molecule has 7 nitrogen and oxygen atoms in total. The molecule has 0 atom stereocenters. The van der Waals surface area contributed by atoms with Crippen LogP contribution in [0.25, 0.3) is 10.8 Å². The van der Waals surface area contributed by atoms with E-state index >= 15 is 0 Å². The molecule has 0 unspecified atom stereocenters. The maximum Gasteiger partial charge on any atom is 0.411 e. The van der Waals surface area contributed by atoms with E-state index in [1.54, 1.807) is 12.1 Å². The lowest BCUT2D eigenvalue weighted by molar-refractivity contribution is 0.128. The van der Waals surface area contributed by atoms with E-state index in [9.17, 15) is 9.59 Å². The van der Waals surface area contributed by atoms with Gasteiger partial charge in [0.15, 0.2) is 0 Å². The van der Waals surface area contributed by atoms with Gasteiger partial charge in [-0.1, -0.05) is 41.4 Å². The van der Waals surface area contributed by atoms with Gasteiger partial charge in [-0.2, -0.15) is 0 Å². The van der Waals surface area contributed by atoms with Crippen molar-refractivity contribution in [1.82, 2.24) is 0 Å². The van der Waals surface area contributed by atoms with Gasteiger partial charge in [0.2, 0.25) is 0 Å². The van der Waals surface area contributed by atoms with Crippen LogP contribution in [0.2, 0.25) is 10.0 Å². The second kappa shape index (κ2) is 11.0. The minimum absolute atomic E-state index is 0.0722. The molecule has 0 saturated heterocycles. The van der Waals surface area contributed by atoms with Crippen molar-refractivity contribution in [2.45, 2.75) is 12.8 Å². The lowest BCUT2D eigenvalue weighted by Crippen LogP contribution is -2.15. The summed E-state index contributed by atoms with van der Waals surface area (Å²) in [5.41, 5.74) is 0.857. The summed E-state index contributed by atoms with van der Waals surface area (Å²) in [5, 5.41) is 4.11. The molecule has 0 radical (unpaired) electrons. The van der Waals surface area contributed by atoms with Gasteiger partial charge in [0.1, 0.15) is 11.6 Å². The Labute approximate surface area is 188 Å². The highest BCUT2D eigenvalue weighted by Crippen LogP contribution is 2.31. The maximum absolute atomic E-state index is 12.3. The molecule has 1 amide bonds. The van der Waals surface area contributed by atoms with E-state index in [4.69, 9.17) is 41.8 Å². The number of halogens is 2. The quantitative estimate of drug-likeness (QED) is 0.431. The Balaban J connectivity index is 1.57. The van der Waals surface area contributed by atoms with Crippen LogP contribution in [0, 0.1) is 0 Å². The van der Waals surface area contributed by atoms with Crippen molar-refractivity contribution in [1.29, 1.82) is 0 Å². The van der Waals surface area contributed by atoms with Crippen molar-refractivity contribution in [3.63, 3.8) is 0 Å². The van der Waals surface area contributed by atoms with Crippen molar-refractivity contribution in [2.24, 2.45) is 0 Å². The summed E-state index contributed by atoms with van der Waals surface area (Å²) in [6, 6.07) is 12.2. The monoisotopic (exact) mass is 465 g/mol. The van der Waals surface area contributed by atoms with E-state index in [1.165, 1.54) is 13.2 Å². The number of methoxy groups -OCH3 is 1.